The summed E-state index contributed by atoms with van der Waals surface area (Å²) in [6.07, 6.45) is 4.72. The smallest absolute Gasteiger partial charge is 0.170 e. The van der Waals surface area contributed by atoms with Gasteiger partial charge in [-0.3, -0.25) is 0 Å². The molecule has 4 N–H and O–H groups in total. The summed E-state index contributed by atoms with van der Waals surface area (Å²) in [4.78, 5) is 11.8. The van der Waals surface area contributed by atoms with Crippen molar-refractivity contribution in [1.29, 1.82) is 0 Å². The number of benzene rings is 2. The summed E-state index contributed by atoms with van der Waals surface area (Å²) in [6.45, 7) is 3.12. The lowest BCUT2D eigenvalue weighted by Gasteiger charge is -2.22. The summed E-state index contributed by atoms with van der Waals surface area (Å²) in [6, 6.07) is 10.7. The Morgan fingerprint density at radius 3 is 2.94 bits per heavy atom. The number of aryl methyl sites for hydroxylation is 1. The number of anilines is 2. The molecule has 1 fully saturated rings. The van der Waals surface area contributed by atoms with E-state index in [0.717, 1.165) is 34.9 Å². The van der Waals surface area contributed by atoms with Crippen LogP contribution in [0.1, 0.15) is 36.3 Å². The first-order valence-electron chi connectivity index (χ1n) is 11.2. The molecular weight excluding hydrogens is 501 g/mol. The van der Waals surface area contributed by atoms with Gasteiger partial charge in [0.15, 0.2) is 11.6 Å². The van der Waals surface area contributed by atoms with Crippen molar-refractivity contribution in [2.75, 3.05) is 24.3 Å². The van der Waals surface area contributed by atoms with Crippen LogP contribution in [0.3, 0.4) is 0 Å². The zero-order valence-electron chi connectivity index (χ0n) is 18.6. The third-order valence-corrected chi connectivity index (χ3v) is 6.38. The molecule has 1 saturated heterocycles. The van der Waals surface area contributed by atoms with Gasteiger partial charge < -0.3 is 25.5 Å². The molecule has 1 unspecified atom stereocenters. The SMILES string of the molecule is CCc1cc(O[C@@H]2CCOC2)c(F)c(C(Nc2ccc3c(N)nccc3c2)c2nc(Br)c[nH]2)c1. The van der Waals surface area contributed by atoms with Crippen LogP contribution in [0.15, 0.2) is 53.4 Å². The van der Waals surface area contributed by atoms with Crippen molar-refractivity contribution in [3.63, 3.8) is 0 Å². The van der Waals surface area contributed by atoms with E-state index in [-0.39, 0.29) is 11.9 Å². The van der Waals surface area contributed by atoms with Crippen LogP contribution in [0.25, 0.3) is 10.8 Å². The Morgan fingerprint density at radius 2 is 2.21 bits per heavy atom. The van der Waals surface area contributed by atoms with Gasteiger partial charge in [-0.2, -0.15) is 0 Å². The molecule has 2 atom stereocenters. The zero-order valence-corrected chi connectivity index (χ0v) is 20.2. The van der Waals surface area contributed by atoms with E-state index in [1.165, 1.54) is 0 Å². The van der Waals surface area contributed by atoms with E-state index >= 15 is 4.39 Å². The number of imidazole rings is 1. The van der Waals surface area contributed by atoms with Gasteiger partial charge in [-0.1, -0.05) is 13.0 Å². The minimum absolute atomic E-state index is 0.154. The molecule has 1 aliphatic rings. The molecular formula is C25H25BrFN5O2. The lowest BCUT2D eigenvalue weighted by molar-refractivity contribution is 0.138. The van der Waals surface area contributed by atoms with Crippen LogP contribution in [0.5, 0.6) is 5.75 Å². The zero-order chi connectivity index (χ0) is 23.7. The standard InChI is InChI=1S/C25H25BrFN5O2/c1-2-14-9-19(22(27)20(10-14)34-17-6-8-33-13-17)23(25-30-12-21(26)32-25)31-16-3-4-18-15(11-16)5-7-29-24(18)28/h3-5,7,9-12,17,23,31H,2,6,8,13H2,1H3,(H2,28,29)(H,30,32)/t17-,23?/m1/s1. The minimum atomic E-state index is -0.586. The number of pyridine rings is 1. The van der Waals surface area contributed by atoms with Gasteiger partial charge in [-0.05, 0) is 63.6 Å². The highest BCUT2D eigenvalue weighted by molar-refractivity contribution is 9.10. The highest BCUT2D eigenvalue weighted by Crippen LogP contribution is 2.35. The predicted molar refractivity (Wildman–Crippen MR) is 134 cm³/mol. The van der Waals surface area contributed by atoms with Gasteiger partial charge in [0.05, 0.1) is 13.2 Å². The number of aromatic nitrogens is 3. The lowest BCUT2D eigenvalue weighted by atomic mass is 9.99. The highest BCUT2D eigenvalue weighted by Gasteiger charge is 2.26. The Labute approximate surface area is 205 Å². The fourth-order valence-electron chi connectivity index (χ4n) is 4.18. The Balaban J connectivity index is 1.57. The summed E-state index contributed by atoms with van der Waals surface area (Å²) >= 11 is 3.40. The number of hydrogen-bond acceptors (Lipinski definition) is 6. The number of ether oxygens (including phenoxy) is 2. The summed E-state index contributed by atoms with van der Waals surface area (Å²) in [5.74, 6) is 0.862. The van der Waals surface area contributed by atoms with Crippen LogP contribution in [0.4, 0.5) is 15.9 Å². The topological polar surface area (TPSA) is 98.1 Å². The molecule has 0 radical (unpaired) electrons. The van der Waals surface area contributed by atoms with Gasteiger partial charge in [-0.25, -0.2) is 14.4 Å². The van der Waals surface area contributed by atoms with Gasteiger partial charge in [-0.15, -0.1) is 0 Å². The molecule has 3 heterocycles. The van der Waals surface area contributed by atoms with E-state index in [1.807, 2.05) is 37.3 Å². The maximum absolute atomic E-state index is 15.9. The van der Waals surface area contributed by atoms with Gasteiger partial charge in [0.25, 0.3) is 0 Å². The molecule has 1 aliphatic heterocycles. The Kier molecular flexibility index (Phi) is 6.38. The van der Waals surface area contributed by atoms with Crippen LogP contribution in [-0.2, 0) is 11.2 Å². The lowest BCUT2D eigenvalue weighted by Crippen LogP contribution is -2.20. The molecule has 0 saturated carbocycles. The van der Waals surface area contributed by atoms with E-state index < -0.39 is 11.9 Å². The third-order valence-electron chi connectivity index (χ3n) is 5.97. The second-order valence-electron chi connectivity index (χ2n) is 8.27. The number of aromatic amines is 1. The van der Waals surface area contributed by atoms with Crippen molar-refractivity contribution >= 4 is 38.2 Å². The molecule has 0 amide bonds. The summed E-state index contributed by atoms with van der Waals surface area (Å²) < 4.78 is 28.0. The van der Waals surface area contributed by atoms with Crippen molar-refractivity contribution in [2.45, 2.75) is 31.9 Å². The molecule has 2 aromatic heterocycles. The third kappa shape index (κ3) is 4.58. The van der Waals surface area contributed by atoms with Gasteiger partial charge in [0, 0.05) is 35.5 Å². The van der Waals surface area contributed by atoms with E-state index in [9.17, 15) is 0 Å². The van der Waals surface area contributed by atoms with Crippen molar-refractivity contribution < 1.29 is 13.9 Å². The van der Waals surface area contributed by atoms with Crippen LogP contribution in [0, 0.1) is 5.82 Å². The first-order valence-corrected chi connectivity index (χ1v) is 12.0. The molecule has 176 valence electrons. The van der Waals surface area contributed by atoms with E-state index in [2.05, 4.69) is 36.2 Å². The van der Waals surface area contributed by atoms with Crippen LogP contribution in [-0.4, -0.2) is 34.3 Å². The summed E-state index contributed by atoms with van der Waals surface area (Å²) in [5.41, 5.74) is 8.22. The molecule has 0 bridgehead atoms. The quantitative estimate of drug-likeness (QED) is 0.300. The van der Waals surface area contributed by atoms with E-state index in [4.69, 9.17) is 15.2 Å². The molecule has 2 aromatic carbocycles. The monoisotopic (exact) mass is 525 g/mol. The predicted octanol–water partition coefficient (Wildman–Crippen LogP) is 5.37. The normalized spacial score (nSPS) is 16.6. The number of nitrogen functional groups attached to an aromatic ring is 1. The van der Waals surface area contributed by atoms with Crippen LogP contribution < -0.4 is 15.8 Å². The molecule has 34 heavy (non-hydrogen) atoms. The number of rotatable bonds is 7. The van der Waals surface area contributed by atoms with E-state index in [1.54, 1.807) is 18.5 Å². The number of nitrogens with one attached hydrogen (secondary N) is 2. The summed E-state index contributed by atoms with van der Waals surface area (Å²) in [7, 11) is 0. The molecule has 0 spiro atoms. The highest BCUT2D eigenvalue weighted by atomic mass is 79.9. The van der Waals surface area contributed by atoms with Gasteiger partial charge in [0.1, 0.15) is 28.4 Å². The van der Waals surface area contributed by atoms with Crippen LogP contribution in [0.2, 0.25) is 0 Å². The van der Waals surface area contributed by atoms with Crippen molar-refractivity contribution in [3.8, 4) is 5.75 Å². The average Bonchev–Trinajstić information content (AvgIpc) is 3.51. The fraction of sp³-hybridized carbons (Fsp3) is 0.280. The largest absolute Gasteiger partial charge is 0.485 e. The molecule has 5 rings (SSSR count). The maximum atomic E-state index is 15.9. The molecule has 0 aliphatic carbocycles. The number of nitrogens with two attached hydrogens (primary N) is 1. The van der Waals surface area contributed by atoms with Crippen LogP contribution >= 0.6 is 15.9 Å². The second kappa shape index (κ2) is 9.60. The molecule has 7 nitrogen and oxygen atoms in total. The average molecular weight is 526 g/mol. The summed E-state index contributed by atoms with van der Waals surface area (Å²) in [5, 5.41) is 5.25. The number of nitrogens with zero attached hydrogens (tertiary/aromatic N) is 2. The molecule has 4 aromatic rings. The van der Waals surface area contributed by atoms with Gasteiger partial charge >= 0.3 is 0 Å². The number of fused-ring (bicyclic) bond motifs is 1. The van der Waals surface area contributed by atoms with Crippen molar-refractivity contribution in [1.82, 2.24) is 15.0 Å². The molecule has 9 heteroatoms. The Hall–Kier alpha value is -3.17. The van der Waals surface area contributed by atoms with E-state index in [0.29, 0.717) is 35.0 Å². The Morgan fingerprint density at radius 1 is 1.32 bits per heavy atom. The Bertz CT molecular complexity index is 1320. The maximum Gasteiger partial charge on any atom is 0.170 e. The van der Waals surface area contributed by atoms with Gasteiger partial charge in [0.2, 0.25) is 0 Å². The first kappa shape index (κ1) is 22.6. The number of hydrogen-bond donors (Lipinski definition) is 3. The number of H-pyrrole nitrogens is 1. The number of halogens is 2. The minimum Gasteiger partial charge on any atom is -0.485 e. The van der Waals surface area contributed by atoms with Crippen molar-refractivity contribution in [2.24, 2.45) is 0 Å². The fourth-order valence-corrected chi connectivity index (χ4v) is 4.48. The first-order chi connectivity index (χ1) is 16.5. The van der Waals surface area contributed by atoms with Crippen molar-refractivity contribution in [3.05, 3.63) is 76.2 Å². The second-order valence-corrected chi connectivity index (χ2v) is 9.08.